The van der Waals surface area contributed by atoms with Gasteiger partial charge in [-0.25, -0.2) is 4.98 Å². The third-order valence-corrected chi connectivity index (χ3v) is 4.91. The molecule has 1 amide bonds. The summed E-state index contributed by atoms with van der Waals surface area (Å²) in [5.41, 5.74) is 4.10. The summed E-state index contributed by atoms with van der Waals surface area (Å²) >= 11 is 7.43. The Labute approximate surface area is 150 Å². The number of thiazole rings is 1. The van der Waals surface area contributed by atoms with Crippen LogP contribution < -0.4 is 5.32 Å². The minimum Gasteiger partial charge on any atom is -0.352 e. The predicted octanol–water partition coefficient (Wildman–Crippen LogP) is 4.63. The van der Waals surface area contributed by atoms with Crippen molar-refractivity contribution in [1.82, 2.24) is 10.3 Å². The van der Waals surface area contributed by atoms with Gasteiger partial charge in [-0.3, -0.25) is 4.79 Å². The Morgan fingerprint density at radius 3 is 2.67 bits per heavy atom. The first-order valence-electron chi connectivity index (χ1n) is 7.63. The lowest BCUT2D eigenvalue weighted by molar-refractivity contribution is -0.120. The Morgan fingerprint density at radius 1 is 1.17 bits per heavy atom. The summed E-state index contributed by atoms with van der Waals surface area (Å²) in [6.07, 6.45) is 0.288. The summed E-state index contributed by atoms with van der Waals surface area (Å²) in [5.74, 6) is -0.0220. The molecule has 2 aromatic carbocycles. The Balaban J connectivity index is 1.59. The van der Waals surface area contributed by atoms with E-state index in [0.29, 0.717) is 11.6 Å². The largest absolute Gasteiger partial charge is 0.352 e. The van der Waals surface area contributed by atoms with Crippen molar-refractivity contribution in [2.75, 3.05) is 0 Å². The average Bonchev–Trinajstić information content (AvgIpc) is 3.03. The van der Waals surface area contributed by atoms with Crippen LogP contribution in [0.1, 0.15) is 16.8 Å². The number of aryl methyl sites for hydroxylation is 1. The Kier molecular flexibility index (Phi) is 5.28. The van der Waals surface area contributed by atoms with Crippen molar-refractivity contribution in [3.8, 4) is 10.6 Å². The lowest BCUT2D eigenvalue weighted by Crippen LogP contribution is -2.25. The van der Waals surface area contributed by atoms with Gasteiger partial charge in [0.1, 0.15) is 5.01 Å². The number of rotatable bonds is 5. The number of nitrogens with one attached hydrogen (secondary N) is 1. The van der Waals surface area contributed by atoms with Crippen LogP contribution in [0, 0.1) is 6.92 Å². The smallest absolute Gasteiger partial charge is 0.226 e. The Morgan fingerprint density at radius 2 is 1.92 bits per heavy atom. The normalized spacial score (nSPS) is 10.6. The Hall–Kier alpha value is -2.17. The molecule has 0 fully saturated rings. The quantitative estimate of drug-likeness (QED) is 0.724. The molecule has 1 heterocycles. The van der Waals surface area contributed by atoms with Crippen LogP contribution in [-0.4, -0.2) is 10.9 Å². The first-order chi connectivity index (χ1) is 11.6. The number of hydrogen-bond acceptors (Lipinski definition) is 3. The molecule has 5 heteroatoms. The number of hydrogen-bond donors (Lipinski definition) is 1. The summed E-state index contributed by atoms with van der Waals surface area (Å²) in [6, 6.07) is 15.6. The molecule has 0 radical (unpaired) electrons. The molecule has 0 unspecified atom stereocenters. The van der Waals surface area contributed by atoms with Crippen molar-refractivity contribution in [3.05, 3.63) is 75.8 Å². The second-order valence-electron chi connectivity index (χ2n) is 5.53. The third-order valence-electron chi connectivity index (χ3n) is 3.72. The van der Waals surface area contributed by atoms with Crippen molar-refractivity contribution in [3.63, 3.8) is 0 Å². The van der Waals surface area contributed by atoms with Gasteiger partial charge >= 0.3 is 0 Å². The van der Waals surface area contributed by atoms with Crippen molar-refractivity contribution in [2.24, 2.45) is 0 Å². The first kappa shape index (κ1) is 16.7. The van der Waals surface area contributed by atoms with Crippen LogP contribution in [0.15, 0.2) is 53.9 Å². The highest BCUT2D eigenvalue weighted by Gasteiger charge is 2.09. The summed E-state index contributed by atoms with van der Waals surface area (Å²) < 4.78 is 0. The van der Waals surface area contributed by atoms with E-state index >= 15 is 0 Å². The monoisotopic (exact) mass is 356 g/mol. The van der Waals surface area contributed by atoms with Crippen LogP contribution in [-0.2, 0) is 17.8 Å². The maximum absolute atomic E-state index is 12.1. The topological polar surface area (TPSA) is 42.0 Å². The van der Waals surface area contributed by atoms with Gasteiger partial charge in [-0.2, -0.15) is 0 Å². The molecule has 0 atom stereocenters. The summed E-state index contributed by atoms with van der Waals surface area (Å²) in [4.78, 5) is 16.7. The molecule has 0 bridgehead atoms. The average molecular weight is 357 g/mol. The molecule has 24 heavy (non-hydrogen) atoms. The highest BCUT2D eigenvalue weighted by molar-refractivity contribution is 7.13. The lowest BCUT2D eigenvalue weighted by atomic mass is 10.1. The SMILES string of the molecule is Cc1ccccc1CNC(=O)Cc1csc(-c2ccc(Cl)cc2)n1. The highest BCUT2D eigenvalue weighted by Crippen LogP contribution is 2.25. The van der Waals surface area contributed by atoms with Crippen LogP contribution in [0.5, 0.6) is 0 Å². The van der Waals surface area contributed by atoms with E-state index in [-0.39, 0.29) is 12.3 Å². The predicted molar refractivity (Wildman–Crippen MR) is 99.3 cm³/mol. The second kappa shape index (κ2) is 7.60. The molecule has 0 spiro atoms. The van der Waals surface area contributed by atoms with E-state index < -0.39 is 0 Å². The van der Waals surface area contributed by atoms with E-state index in [4.69, 9.17) is 11.6 Å². The molecule has 1 N–H and O–H groups in total. The van der Waals surface area contributed by atoms with Gasteiger partial charge in [0.15, 0.2) is 0 Å². The number of carbonyl (C=O) groups excluding carboxylic acids is 1. The second-order valence-corrected chi connectivity index (χ2v) is 6.83. The van der Waals surface area contributed by atoms with Gasteiger partial charge in [-0.15, -0.1) is 11.3 Å². The van der Waals surface area contributed by atoms with Crippen LogP contribution in [0.3, 0.4) is 0 Å². The zero-order valence-electron chi connectivity index (χ0n) is 13.3. The molecule has 0 saturated heterocycles. The van der Waals surface area contributed by atoms with Gasteiger partial charge in [-0.1, -0.05) is 48.0 Å². The van der Waals surface area contributed by atoms with Gasteiger partial charge in [-0.05, 0) is 30.2 Å². The molecule has 0 aliphatic rings. The lowest BCUT2D eigenvalue weighted by Gasteiger charge is -2.07. The fraction of sp³-hybridized carbons (Fsp3) is 0.158. The van der Waals surface area contributed by atoms with Crippen molar-refractivity contribution in [2.45, 2.75) is 19.9 Å². The maximum atomic E-state index is 12.1. The molecule has 1 aromatic heterocycles. The van der Waals surface area contributed by atoms with Crippen LogP contribution in [0.25, 0.3) is 10.6 Å². The van der Waals surface area contributed by atoms with E-state index in [1.807, 2.05) is 60.8 Å². The number of benzene rings is 2. The molecular weight excluding hydrogens is 340 g/mol. The van der Waals surface area contributed by atoms with Crippen molar-refractivity contribution >= 4 is 28.8 Å². The highest BCUT2D eigenvalue weighted by atomic mass is 35.5. The number of nitrogens with zero attached hydrogens (tertiary/aromatic N) is 1. The number of carbonyl (C=O) groups is 1. The number of amides is 1. The van der Waals surface area contributed by atoms with E-state index in [1.165, 1.54) is 16.9 Å². The zero-order valence-corrected chi connectivity index (χ0v) is 14.8. The molecule has 3 nitrogen and oxygen atoms in total. The first-order valence-corrected chi connectivity index (χ1v) is 8.89. The van der Waals surface area contributed by atoms with Gasteiger partial charge in [0, 0.05) is 22.5 Å². The molecule has 3 rings (SSSR count). The zero-order chi connectivity index (χ0) is 16.9. The maximum Gasteiger partial charge on any atom is 0.226 e. The van der Waals surface area contributed by atoms with E-state index in [0.717, 1.165) is 21.8 Å². The van der Waals surface area contributed by atoms with Gasteiger partial charge in [0.05, 0.1) is 12.1 Å². The molecule has 3 aromatic rings. The summed E-state index contributed by atoms with van der Waals surface area (Å²) in [5, 5.41) is 6.48. The van der Waals surface area contributed by atoms with E-state index in [1.54, 1.807) is 0 Å². The van der Waals surface area contributed by atoms with Crippen LogP contribution >= 0.6 is 22.9 Å². The third kappa shape index (κ3) is 4.22. The fourth-order valence-corrected chi connectivity index (χ4v) is 3.29. The standard InChI is InChI=1S/C19H17ClN2OS/c1-13-4-2-3-5-15(13)11-21-18(23)10-17-12-24-19(22-17)14-6-8-16(20)9-7-14/h2-9,12H,10-11H2,1H3,(H,21,23). The van der Waals surface area contributed by atoms with Crippen LogP contribution in [0.4, 0.5) is 0 Å². The summed E-state index contributed by atoms with van der Waals surface area (Å²) in [6.45, 7) is 2.58. The fourth-order valence-electron chi connectivity index (χ4n) is 2.34. The molecular formula is C19H17ClN2OS. The van der Waals surface area contributed by atoms with E-state index in [9.17, 15) is 4.79 Å². The minimum absolute atomic E-state index is 0.0220. The van der Waals surface area contributed by atoms with Gasteiger partial charge < -0.3 is 5.32 Å². The molecule has 0 aliphatic heterocycles. The van der Waals surface area contributed by atoms with Crippen LogP contribution in [0.2, 0.25) is 5.02 Å². The minimum atomic E-state index is -0.0220. The molecule has 0 aliphatic carbocycles. The van der Waals surface area contributed by atoms with Crippen molar-refractivity contribution < 1.29 is 4.79 Å². The molecule has 122 valence electrons. The molecule has 0 saturated carbocycles. The number of aromatic nitrogens is 1. The van der Waals surface area contributed by atoms with Crippen molar-refractivity contribution in [1.29, 1.82) is 0 Å². The summed E-state index contributed by atoms with van der Waals surface area (Å²) in [7, 11) is 0. The van der Waals surface area contributed by atoms with E-state index in [2.05, 4.69) is 10.3 Å². The van der Waals surface area contributed by atoms with Gasteiger partial charge in [0.2, 0.25) is 5.91 Å². The Bertz CT molecular complexity index is 843. The van der Waals surface area contributed by atoms with Gasteiger partial charge in [0.25, 0.3) is 0 Å². The number of halogens is 1.